The van der Waals surface area contributed by atoms with Crippen molar-refractivity contribution in [3.63, 3.8) is 0 Å². The minimum Gasteiger partial charge on any atom is -0.380 e. The summed E-state index contributed by atoms with van der Waals surface area (Å²) < 4.78 is 33.0. The van der Waals surface area contributed by atoms with E-state index in [1.165, 1.54) is 24.2 Å². The van der Waals surface area contributed by atoms with Crippen LogP contribution in [-0.4, -0.2) is 33.7 Å². The van der Waals surface area contributed by atoms with E-state index in [4.69, 9.17) is 4.74 Å². The predicted octanol–water partition coefficient (Wildman–Crippen LogP) is 1.85. The van der Waals surface area contributed by atoms with E-state index in [9.17, 15) is 8.42 Å². The van der Waals surface area contributed by atoms with Crippen molar-refractivity contribution >= 4 is 21.4 Å². The summed E-state index contributed by atoms with van der Waals surface area (Å²) in [6.07, 6.45) is 5.23. The fraction of sp³-hybridized carbons (Fsp3) is 0.714. The first-order valence-corrected chi connectivity index (χ1v) is 9.80. The zero-order chi connectivity index (χ0) is 14.9. The van der Waals surface area contributed by atoms with Crippen LogP contribution >= 0.6 is 11.3 Å². The number of rotatable bonds is 7. The molecule has 2 fully saturated rings. The number of sulfonamides is 1. The average molecular weight is 330 g/mol. The summed E-state index contributed by atoms with van der Waals surface area (Å²) in [6.45, 7) is 0.759. The van der Waals surface area contributed by atoms with Crippen LogP contribution in [0.1, 0.15) is 37.0 Å². The fourth-order valence-corrected chi connectivity index (χ4v) is 5.26. The molecule has 0 amide bonds. The quantitative estimate of drug-likeness (QED) is 0.801. The standard InChI is InChI=1S/C14H22N2O3S2/c1-19-14-4-2-3-13(14)16-21(17,18)12-7-11(20-9-12)8-15-10-5-6-10/h7,9-10,13-16H,2-6,8H2,1H3. The summed E-state index contributed by atoms with van der Waals surface area (Å²) in [5.74, 6) is 0. The van der Waals surface area contributed by atoms with Gasteiger partial charge in [0.2, 0.25) is 10.0 Å². The highest BCUT2D eigenvalue weighted by Crippen LogP contribution is 2.26. The monoisotopic (exact) mass is 330 g/mol. The minimum atomic E-state index is -3.44. The summed E-state index contributed by atoms with van der Waals surface area (Å²) in [5.41, 5.74) is 0. The molecule has 0 bridgehead atoms. The van der Waals surface area contributed by atoms with Crippen molar-refractivity contribution in [1.82, 2.24) is 10.0 Å². The highest BCUT2D eigenvalue weighted by molar-refractivity contribution is 7.89. The maximum Gasteiger partial charge on any atom is 0.241 e. The Kier molecular flexibility index (Phi) is 4.66. The molecule has 0 saturated heterocycles. The van der Waals surface area contributed by atoms with Gasteiger partial charge in [-0.05, 0) is 38.2 Å². The number of hydrogen-bond donors (Lipinski definition) is 2. The van der Waals surface area contributed by atoms with Crippen LogP contribution in [0.5, 0.6) is 0 Å². The summed E-state index contributed by atoms with van der Waals surface area (Å²) in [5, 5.41) is 5.13. The lowest BCUT2D eigenvalue weighted by atomic mass is 10.2. The average Bonchev–Trinajstić information content (AvgIpc) is 2.98. The molecular weight excluding hydrogens is 308 g/mol. The molecular formula is C14H22N2O3S2. The van der Waals surface area contributed by atoms with E-state index in [2.05, 4.69) is 10.0 Å². The maximum absolute atomic E-state index is 12.4. The van der Waals surface area contributed by atoms with E-state index in [1.54, 1.807) is 18.6 Å². The molecule has 118 valence electrons. The van der Waals surface area contributed by atoms with Crippen LogP contribution in [0.15, 0.2) is 16.3 Å². The molecule has 2 aliphatic carbocycles. The van der Waals surface area contributed by atoms with Crippen molar-refractivity contribution in [1.29, 1.82) is 0 Å². The lowest BCUT2D eigenvalue weighted by Gasteiger charge is -2.19. The number of methoxy groups -OCH3 is 1. The molecule has 1 aromatic heterocycles. The Morgan fingerprint density at radius 2 is 2.14 bits per heavy atom. The highest BCUT2D eigenvalue weighted by atomic mass is 32.2. The molecule has 2 atom stereocenters. The molecule has 3 rings (SSSR count). The van der Waals surface area contributed by atoms with Gasteiger partial charge in [-0.25, -0.2) is 13.1 Å². The maximum atomic E-state index is 12.4. The third-order valence-corrected chi connectivity index (χ3v) is 6.70. The minimum absolute atomic E-state index is 0.00517. The molecule has 1 heterocycles. The molecule has 2 N–H and O–H groups in total. The van der Waals surface area contributed by atoms with Crippen molar-refractivity contribution in [3.8, 4) is 0 Å². The Morgan fingerprint density at radius 3 is 2.86 bits per heavy atom. The van der Waals surface area contributed by atoms with Gasteiger partial charge < -0.3 is 10.1 Å². The normalized spacial score (nSPS) is 26.3. The molecule has 7 heteroatoms. The van der Waals surface area contributed by atoms with Crippen LogP contribution in [0.2, 0.25) is 0 Å². The van der Waals surface area contributed by atoms with E-state index in [0.29, 0.717) is 10.9 Å². The Labute approximate surface area is 130 Å². The second-order valence-corrected chi connectivity index (χ2v) is 8.55. The Morgan fingerprint density at radius 1 is 1.33 bits per heavy atom. The molecule has 2 aliphatic rings. The summed E-state index contributed by atoms with van der Waals surface area (Å²) in [4.78, 5) is 1.44. The Balaban J connectivity index is 1.63. The van der Waals surface area contributed by atoms with E-state index in [0.717, 1.165) is 30.7 Å². The van der Waals surface area contributed by atoms with Gasteiger partial charge in [0.05, 0.1) is 11.0 Å². The first-order chi connectivity index (χ1) is 10.1. The van der Waals surface area contributed by atoms with Crippen molar-refractivity contribution < 1.29 is 13.2 Å². The van der Waals surface area contributed by atoms with Crippen LogP contribution in [0.4, 0.5) is 0 Å². The van der Waals surface area contributed by atoms with Gasteiger partial charge in [0.15, 0.2) is 0 Å². The van der Waals surface area contributed by atoms with Crippen molar-refractivity contribution in [3.05, 3.63) is 16.3 Å². The largest absolute Gasteiger partial charge is 0.380 e. The Bertz CT molecular complexity index is 581. The highest BCUT2D eigenvalue weighted by Gasteiger charge is 2.31. The number of thiophene rings is 1. The molecule has 0 aliphatic heterocycles. The lowest BCUT2D eigenvalue weighted by molar-refractivity contribution is 0.0916. The van der Waals surface area contributed by atoms with Crippen LogP contribution < -0.4 is 10.0 Å². The summed E-state index contributed by atoms with van der Waals surface area (Å²) in [6, 6.07) is 2.30. The predicted molar refractivity (Wildman–Crippen MR) is 82.9 cm³/mol. The fourth-order valence-electron chi connectivity index (χ4n) is 2.74. The molecule has 2 saturated carbocycles. The van der Waals surface area contributed by atoms with Crippen LogP contribution in [0.3, 0.4) is 0 Å². The number of hydrogen-bond acceptors (Lipinski definition) is 5. The zero-order valence-corrected chi connectivity index (χ0v) is 13.8. The van der Waals surface area contributed by atoms with Crippen molar-refractivity contribution in [2.45, 2.75) is 61.7 Å². The van der Waals surface area contributed by atoms with E-state index >= 15 is 0 Å². The molecule has 5 nitrogen and oxygen atoms in total. The van der Waals surface area contributed by atoms with Crippen LogP contribution in [-0.2, 0) is 21.3 Å². The van der Waals surface area contributed by atoms with Gasteiger partial charge >= 0.3 is 0 Å². The van der Waals surface area contributed by atoms with Gasteiger partial charge in [-0.3, -0.25) is 0 Å². The van der Waals surface area contributed by atoms with E-state index in [-0.39, 0.29) is 12.1 Å². The van der Waals surface area contributed by atoms with Crippen LogP contribution in [0, 0.1) is 0 Å². The third-order valence-electron chi connectivity index (χ3n) is 4.14. The first-order valence-electron chi connectivity index (χ1n) is 7.44. The number of ether oxygens (including phenoxy) is 1. The van der Waals surface area contributed by atoms with Gasteiger partial charge in [0, 0.05) is 36.0 Å². The summed E-state index contributed by atoms with van der Waals surface area (Å²) >= 11 is 1.50. The SMILES string of the molecule is COC1CCCC1NS(=O)(=O)c1csc(CNC2CC2)c1. The van der Waals surface area contributed by atoms with Gasteiger partial charge in [0.25, 0.3) is 0 Å². The molecule has 2 unspecified atom stereocenters. The number of nitrogens with one attached hydrogen (secondary N) is 2. The van der Waals surface area contributed by atoms with E-state index in [1.807, 2.05) is 0 Å². The van der Waals surface area contributed by atoms with Gasteiger partial charge in [-0.1, -0.05) is 0 Å². The zero-order valence-electron chi connectivity index (χ0n) is 12.2. The first kappa shape index (κ1) is 15.4. The molecule has 0 aromatic carbocycles. The van der Waals surface area contributed by atoms with E-state index < -0.39 is 10.0 Å². The third kappa shape index (κ3) is 3.84. The molecule has 0 spiro atoms. The van der Waals surface area contributed by atoms with Gasteiger partial charge in [-0.2, -0.15) is 0 Å². The molecule has 0 radical (unpaired) electrons. The molecule has 1 aromatic rings. The smallest absolute Gasteiger partial charge is 0.241 e. The topological polar surface area (TPSA) is 67.4 Å². The lowest BCUT2D eigenvalue weighted by Crippen LogP contribution is -2.40. The Hall–Kier alpha value is -0.470. The van der Waals surface area contributed by atoms with Crippen molar-refractivity contribution in [2.75, 3.05) is 7.11 Å². The second kappa shape index (κ2) is 6.34. The van der Waals surface area contributed by atoms with Crippen molar-refractivity contribution in [2.24, 2.45) is 0 Å². The second-order valence-electron chi connectivity index (χ2n) is 5.84. The van der Waals surface area contributed by atoms with Crippen LogP contribution in [0.25, 0.3) is 0 Å². The van der Waals surface area contributed by atoms with Gasteiger partial charge in [0.1, 0.15) is 0 Å². The summed E-state index contributed by atoms with van der Waals surface area (Å²) in [7, 11) is -1.79. The molecule has 21 heavy (non-hydrogen) atoms. The van der Waals surface area contributed by atoms with Gasteiger partial charge in [-0.15, -0.1) is 11.3 Å².